The van der Waals surface area contributed by atoms with Crippen LogP contribution in [-0.4, -0.2) is 41.1 Å². The molecular formula is C16H24N2O2. The van der Waals surface area contributed by atoms with Crippen LogP contribution in [-0.2, 0) is 4.79 Å². The minimum absolute atomic E-state index is 0.0274. The third kappa shape index (κ3) is 3.58. The van der Waals surface area contributed by atoms with E-state index in [1.165, 1.54) is 5.56 Å². The van der Waals surface area contributed by atoms with Gasteiger partial charge in [0.05, 0.1) is 12.1 Å². The van der Waals surface area contributed by atoms with Crippen LogP contribution in [0.5, 0.6) is 0 Å². The van der Waals surface area contributed by atoms with Crippen LogP contribution in [0.4, 0.5) is 5.69 Å². The first-order chi connectivity index (χ1) is 9.42. The van der Waals surface area contributed by atoms with Gasteiger partial charge in [-0.25, -0.2) is 0 Å². The van der Waals surface area contributed by atoms with Crippen LogP contribution in [0.1, 0.15) is 38.7 Å². The average molecular weight is 276 g/mol. The molecule has 20 heavy (non-hydrogen) atoms. The van der Waals surface area contributed by atoms with E-state index < -0.39 is 5.60 Å². The molecule has 0 radical (unpaired) electrons. The van der Waals surface area contributed by atoms with Gasteiger partial charge in [-0.15, -0.1) is 0 Å². The van der Waals surface area contributed by atoms with Crippen LogP contribution in [0.15, 0.2) is 24.3 Å². The van der Waals surface area contributed by atoms with E-state index in [-0.39, 0.29) is 5.91 Å². The van der Waals surface area contributed by atoms with Gasteiger partial charge in [0.1, 0.15) is 0 Å². The highest BCUT2D eigenvalue weighted by molar-refractivity contribution is 5.92. The summed E-state index contributed by atoms with van der Waals surface area (Å²) in [5, 5.41) is 12.8. The molecule has 1 amide bonds. The number of hydrogen-bond acceptors (Lipinski definition) is 3. The summed E-state index contributed by atoms with van der Waals surface area (Å²) in [6.45, 7) is 7.77. The molecule has 4 nitrogen and oxygen atoms in total. The van der Waals surface area contributed by atoms with E-state index in [1.54, 1.807) is 0 Å². The molecule has 0 spiro atoms. The number of likely N-dealkylation sites (tertiary alicyclic amines) is 1. The van der Waals surface area contributed by atoms with Crippen molar-refractivity contribution in [1.82, 2.24) is 4.90 Å². The number of aliphatic hydroxyl groups is 1. The van der Waals surface area contributed by atoms with E-state index in [1.807, 2.05) is 36.1 Å². The Kier molecular flexibility index (Phi) is 4.45. The van der Waals surface area contributed by atoms with Crippen LogP contribution >= 0.6 is 0 Å². The molecule has 1 aliphatic rings. The number of carbonyl (C=O) groups excluding carboxylic acids is 1. The van der Waals surface area contributed by atoms with Crippen molar-refractivity contribution in [2.75, 3.05) is 25.0 Å². The lowest BCUT2D eigenvalue weighted by atomic mass is 9.91. The van der Waals surface area contributed by atoms with Crippen LogP contribution in [0, 0.1) is 0 Å². The summed E-state index contributed by atoms with van der Waals surface area (Å²) in [4.78, 5) is 13.9. The number of nitrogens with zero attached hydrogens (tertiary/aromatic N) is 1. The first-order valence-electron chi connectivity index (χ1n) is 7.26. The molecule has 1 fully saturated rings. The molecule has 2 N–H and O–H groups in total. The van der Waals surface area contributed by atoms with E-state index in [0.717, 1.165) is 12.1 Å². The lowest BCUT2D eigenvalue weighted by Crippen LogP contribution is -2.62. The number of β-amino-alcohol motifs (C(OH)–C–C–N with tert-alkyl or cyclic N) is 1. The molecule has 2 rings (SSSR count). The highest BCUT2D eigenvalue weighted by Crippen LogP contribution is 2.23. The number of anilines is 1. The molecule has 1 aliphatic heterocycles. The largest absolute Gasteiger partial charge is 0.387 e. The molecule has 0 atom stereocenters. The number of hydrogen-bond donors (Lipinski definition) is 2. The van der Waals surface area contributed by atoms with Gasteiger partial charge in [0, 0.05) is 18.8 Å². The Balaban J connectivity index is 1.80. The second-order valence-electron chi connectivity index (χ2n) is 6.05. The fourth-order valence-electron chi connectivity index (χ4n) is 2.48. The molecular weight excluding hydrogens is 252 g/mol. The Labute approximate surface area is 120 Å². The summed E-state index contributed by atoms with van der Waals surface area (Å²) in [7, 11) is 0. The maximum absolute atomic E-state index is 11.9. The molecule has 1 aromatic carbocycles. The highest BCUT2D eigenvalue weighted by atomic mass is 16.3. The van der Waals surface area contributed by atoms with E-state index in [0.29, 0.717) is 25.6 Å². The zero-order valence-corrected chi connectivity index (χ0v) is 12.5. The van der Waals surface area contributed by atoms with Crippen molar-refractivity contribution < 1.29 is 9.90 Å². The van der Waals surface area contributed by atoms with Gasteiger partial charge in [0.2, 0.25) is 5.91 Å². The zero-order valence-electron chi connectivity index (χ0n) is 12.5. The minimum atomic E-state index is -0.584. The summed E-state index contributed by atoms with van der Waals surface area (Å²) in [6.07, 6.45) is 0.738. The van der Waals surface area contributed by atoms with Crippen LogP contribution in [0.3, 0.4) is 0 Å². The number of amides is 1. The molecule has 1 saturated heterocycles. The van der Waals surface area contributed by atoms with Crippen LogP contribution in [0.2, 0.25) is 0 Å². The molecule has 110 valence electrons. The second-order valence-corrected chi connectivity index (χ2v) is 6.05. The molecule has 0 aliphatic carbocycles. The molecule has 1 heterocycles. The Hall–Kier alpha value is -1.39. The van der Waals surface area contributed by atoms with Gasteiger partial charge in [-0.05, 0) is 30.0 Å². The van der Waals surface area contributed by atoms with Gasteiger partial charge in [0.25, 0.3) is 0 Å². The highest BCUT2D eigenvalue weighted by Gasteiger charge is 2.39. The second kappa shape index (κ2) is 5.94. The lowest BCUT2D eigenvalue weighted by molar-refractivity contribution is -0.128. The molecule has 0 saturated carbocycles. The Morgan fingerprint density at radius 1 is 1.35 bits per heavy atom. The predicted octanol–water partition coefficient (Wildman–Crippen LogP) is 2.21. The molecule has 0 aromatic heterocycles. The Morgan fingerprint density at radius 2 is 1.95 bits per heavy atom. The van der Waals surface area contributed by atoms with Gasteiger partial charge < -0.3 is 10.4 Å². The van der Waals surface area contributed by atoms with Crippen LogP contribution in [0.25, 0.3) is 0 Å². The molecule has 1 aromatic rings. The van der Waals surface area contributed by atoms with Crippen molar-refractivity contribution in [2.45, 2.75) is 38.7 Å². The summed E-state index contributed by atoms with van der Waals surface area (Å²) in [6, 6.07) is 7.96. The summed E-state index contributed by atoms with van der Waals surface area (Å²) < 4.78 is 0. The van der Waals surface area contributed by atoms with Gasteiger partial charge in [0.15, 0.2) is 0 Å². The molecule has 0 unspecified atom stereocenters. The van der Waals surface area contributed by atoms with Crippen molar-refractivity contribution in [3.8, 4) is 0 Å². The topological polar surface area (TPSA) is 52.6 Å². The molecule has 4 heteroatoms. The van der Waals surface area contributed by atoms with E-state index in [4.69, 9.17) is 0 Å². The molecule has 0 bridgehead atoms. The van der Waals surface area contributed by atoms with Crippen molar-refractivity contribution in [2.24, 2.45) is 0 Å². The van der Waals surface area contributed by atoms with Gasteiger partial charge in [-0.3, -0.25) is 9.69 Å². The summed E-state index contributed by atoms with van der Waals surface area (Å²) in [5.41, 5.74) is 1.50. The Morgan fingerprint density at radius 3 is 2.45 bits per heavy atom. The number of carbonyl (C=O) groups is 1. The zero-order chi connectivity index (χ0) is 14.8. The number of benzene rings is 1. The third-order valence-corrected chi connectivity index (χ3v) is 3.92. The van der Waals surface area contributed by atoms with E-state index in [9.17, 15) is 9.90 Å². The quantitative estimate of drug-likeness (QED) is 0.867. The standard InChI is InChI=1S/C16H24N2O2/c1-4-16(20)10-18(11-16)9-15(19)17-14-7-5-13(6-8-14)12(2)3/h5-8,12,20H,4,9-11H2,1-3H3,(H,17,19). The SMILES string of the molecule is CCC1(O)CN(CC(=O)Nc2ccc(C(C)C)cc2)C1. The van der Waals surface area contributed by atoms with Crippen molar-refractivity contribution in [3.63, 3.8) is 0 Å². The minimum Gasteiger partial charge on any atom is -0.387 e. The lowest BCUT2D eigenvalue weighted by Gasteiger charge is -2.45. The smallest absolute Gasteiger partial charge is 0.238 e. The predicted molar refractivity (Wildman–Crippen MR) is 80.8 cm³/mol. The van der Waals surface area contributed by atoms with Gasteiger partial charge in [-0.1, -0.05) is 32.9 Å². The maximum Gasteiger partial charge on any atom is 0.238 e. The van der Waals surface area contributed by atoms with Gasteiger partial charge in [-0.2, -0.15) is 0 Å². The fourth-order valence-corrected chi connectivity index (χ4v) is 2.48. The van der Waals surface area contributed by atoms with E-state index >= 15 is 0 Å². The number of rotatable bonds is 5. The van der Waals surface area contributed by atoms with Crippen molar-refractivity contribution in [3.05, 3.63) is 29.8 Å². The average Bonchev–Trinajstić information content (AvgIpc) is 2.37. The fraction of sp³-hybridized carbons (Fsp3) is 0.562. The van der Waals surface area contributed by atoms with E-state index in [2.05, 4.69) is 19.2 Å². The first-order valence-corrected chi connectivity index (χ1v) is 7.26. The first kappa shape index (κ1) is 15.0. The van der Waals surface area contributed by atoms with Crippen molar-refractivity contribution >= 4 is 11.6 Å². The Bertz CT molecular complexity index is 462. The van der Waals surface area contributed by atoms with Gasteiger partial charge >= 0.3 is 0 Å². The normalized spacial score (nSPS) is 17.9. The van der Waals surface area contributed by atoms with Crippen LogP contribution < -0.4 is 5.32 Å². The monoisotopic (exact) mass is 276 g/mol. The summed E-state index contributed by atoms with van der Waals surface area (Å²) in [5.74, 6) is 0.466. The van der Waals surface area contributed by atoms with Crippen molar-refractivity contribution in [1.29, 1.82) is 0 Å². The maximum atomic E-state index is 11.9. The third-order valence-electron chi connectivity index (χ3n) is 3.92. The summed E-state index contributed by atoms with van der Waals surface area (Å²) >= 11 is 0. The number of nitrogens with one attached hydrogen (secondary N) is 1.